The number of urea groups is 1. The van der Waals surface area contributed by atoms with Crippen molar-refractivity contribution in [1.82, 2.24) is 5.32 Å². The number of carbonyl (C=O) groups is 3. The van der Waals surface area contributed by atoms with E-state index in [4.69, 9.17) is 5.11 Å². The van der Waals surface area contributed by atoms with Crippen LogP contribution in [-0.4, -0.2) is 29.1 Å². The molecule has 94 valence electrons. The quantitative estimate of drug-likeness (QED) is 0.778. The first-order valence-corrected chi connectivity index (χ1v) is 5.42. The molecule has 0 aromatic heterocycles. The molecule has 3 amide bonds. The summed E-state index contributed by atoms with van der Waals surface area (Å²) in [5.41, 5.74) is 1.45. The number of aliphatic carboxylic acids is 1. The molecule has 0 aliphatic carbocycles. The third-order valence-electron chi connectivity index (χ3n) is 2.69. The second-order valence-electron chi connectivity index (χ2n) is 4.11. The third kappa shape index (κ3) is 2.17. The SMILES string of the molecule is Cc1ccc(N2C(=O)N[C@@H](CC(=O)O)C2=O)cc1. The zero-order valence-corrected chi connectivity index (χ0v) is 9.71. The van der Waals surface area contributed by atoms with Crippen molar-refractivity contribution in [2.75, 3.05) is 4.90 Å². The van der Waals surface area contributed by atoms with Crippen LogP contribution in [0.25, 0.3) is 0 Å². The second-order valence-corrected chi connectivity index (χ2v) is 4.11. The van der Waals surface area contributed by atoms with Gasteiger partial charge in [-0.05, 0) is 19.1 Å². The van der Waals surface area contributed by atoms with Gasteiger partial charge in [-0.3, -0.25) is 9.59 Å². The number of hydrogen-bond donors (Lipinski definition) is 2. The molecule has 1 aromatic carbocycles. The van der Waals surface area contributed by atoms with Crippen molar-refractivity contribution in [3.63, 3.8) is 0 Å². The molecule has 0 radical (unpaired) electrons. The van der Waals surface area contributed by atoms with E-state index in [-0.39, 0.29) is 0 Å². The fraction of sp³-hybridized carbons (Fsp3) is 0.250. The van der Waals surface area contributed by atoms with Crippen LogP contribution in [0, 0.1) is 6.92 Å². The zero-order valence-electron chi connectivity index (χ0n) is 9.71. The molecule has 1 heterocycles. The standard InChI is InChI=1S/C12H12N2O4/c1-7-2-4-8(5-3-7)14-11(17)9(6-10(15)16)13-12(14)18/h2-5,9H,6H2,1H3,(H,13,18)(H,15,16)/t9-/m0/s1. The number of rotatable bonds is 3. The molecule has 1 aromatic rings. The molecule has 0 spiro atoms. The summed E-state index contributed by atoms with van der Waals surface area (Å²) in [6.45, 7) is 1.89. The van der Waals surface area contributed by atoms with E-state index in [9.17, 15) is 14.4 Å². The van der Waals surface area contributed by atoms with Crippen LogP contribution in [0.5, 0.6) is 0 Å². The molecule has 18 heavy (non-hydrogen) atoms. The summed E-state index contributed by atoms with van der Waals surface area (Å²) in [5, 5.41) is 11.0. The average molecular weight is 248 g/mol. The smallest absolute Gasteiger partial charge is 0.329 e. The number of anilines is 1. The number of carboxylic acids is 1. The number of benzene rings is 1. The number of hydrogen-bond acceptors (Lipinski definition) is 3. The minimum Gasteiger partial charge on any atom is -0.481 e. The summed E-state index contributed by atoms with van der Waals surface area (Å²) < 4.78 is 0. The number of amides is 3. The van der Waals surface area contributed by atoms with Gasteiger partial charge in [-0.25, -0.2) is 9.69 Å². The van der Waals surface area contributed by atoms with Gasteiger partial charge in [-0.2, -0.15) is 0 Å². The lowest BCUT2D eigenvalue weighted by atomic mass is 10.2. The minimum absolute atomic E-state index is 0.410. The van der Waals surface area contributed by atoms with Gasteiger partial charge >= 0.3 is 12.0 Å². The highest BCUT2D eigenvalue weighted by atomic mass is 16.4. The predicted molar refractivity (Wildman–Crippen MR) is 63.2 cm³/mol. The van der Waals surface area contributed by atoms with E-state index >= 15 is 0 Å². The van der Waals surface area contributed by atoms with Gasteiger partial charge in [0.15, 0.2) is 0 Å². The Balaban J connectivity index is 2.24. The van der Waals surface area contributed by atoms with Crippen molar-refractivity contribution in [2.24, 2.45) is 0 Å². The molecule has 2 N–H and O–H groups in total. The van der Waals surface area contributed by atoms with E-state index in [1.807, 2.05) is 6.92 Å². The van der Waals surface area contributed by atoms with Gasteiger partial charge in [0.25, 0.3) is 5.91 Å². The second kappa shape index (κ2) is 4.48. The summed E-state index contributed by atoms with van der Waals surface area (Å²) in [4.78, 5) is 35.1. The summed E-state index contributed by atoms with van der Waals surface area (Å²) in [6, 6.07) is 5.28. The highest BCUT2D eigenvalue weighted by molar-refractivity contribution is 6.21. The third-order valence-corrected chi connectivity index (χ3v) is 2.69. The summed E-state index contributed by atoms with van der Waals surface area (Å²) >= 11 is 0. The average Bonchev–Trinajstić information content (AvgIpc) is 2.55. The first-order valence-electron chi connectivity index (χ1n) is 5.42. The van der Waals surface area contributed by atoms with Crippen LogP contribution in [-0.2, 0) is 9.59 Å². The lowest BCUT2D eigenvalue weighted by Crippen LogP contribution is -2.32. The van der Waals surface area contributed by atoms with E-state index in [1.165, 1.54) is 0 Å². The van der Waals surface area contributed by atoms with Gasteiger partial charge in [0.05, 0.1) is 12.1 Å². The molecular weight excluding hydrogens is 236 g/mol. The summed E-state index contributed by atoms with van der Waals surface area (Å²) in [5.74, 6) is -1.66. The lowest BCUT2D eigenvalue weighted by molar-refractivity contribution is -0.139. The first kappa shape index (κ1) is 12.1. The molecular formula is C12H12N2O4. The summed E-state index contributed by atoms with van der Waals surface area (Å²) in [6.07, 6.45) is -0.410. The number of imide groups is 1. The van der Waals surface area contributed by atoms with E-state index in [0.29, 0.717) is 5.69 Å². The van der Waals surface area contributed by atoms with Crippen molar-refractivity contribution in [1.29, 1.82) is 0 Å². The molecule has 0 unspecified atom stereocenters. The van der Waals surface area contributed by atoms with Gasteiger partial charge in [0.2, 0.25) is 0 Å². The number of nitrogens with zero attached hydrogens (tertiary/aromatic N) is 1. The van der Waals surface area contributed by atoms with Crippen LogP contribution in [0.1, 0.15) is 12.0 Å². The Morgan fingerprint density at radius 3 is 2.50 bits per heavy atom. The molecule has 1 saturated heterocycles. The molecule has 6 nitrogen and oxygen atoms in total. The molecule has 6 heteroatoms. The minimum atomic E-state index is -1.13. The Labute approximate surface area is 103 Å². The van der Waals surface area contributed by atoms with Gasteiger partial charge in [-0.1, -0.05) is 17.7 Å². The van der Waals surface area contributed by atoms with Crippen molar-refractivity contribution in [3.05, 3.63) is 29.8 Å². The van der Waals surface area contributed by atoms with Crippen molar-refractivity contribution >= 4 is 23.6 Å². The monoisotopic (exact) mass is 248 g/mol. The molecule has 1 atom stereocenters. The van der Waals surface area contributed by atoms with E-state index in [1.54, 1.807) is 24.3 Å². The Kier molecular flexibility index (Phi) is 3.01. The largest absolute Gasteiger partial charge is 0.481 e. The Morgan fingerprint density at radius 2 is 1.94 bits per heavy atom. The molecule has 1 fully saturated rings. The molecule has 1 aliphatic rings. The molecule has 2 rings (SSSR count). The maximum absolute atomic E-state index is 11.9. The van der Waals surface area contributed by atoms with E-state index in [2.05, 4.69) is 5.32 Å². The fourth-order valence-electron chi connectivity index (χ4n) is 1.78. The predicted octanol–water partition coefficient (Wildman–Crippen LogP) is 0.895. The molecule has 1 aliphatic heterocycles. The highest BCUT2D eigenvalue weighted by Gasteiger charge is 2.39. The topological polar surface area (TPSA) is 86.7 Å². The van der Waals surface area contributed by atoms with Crippen molar-refractivity contribution in [3.8, 4) is 0 Å². The van der Waals surface area contributed by atoms with E-state index < -0.39 is 30.4 Å². The number of aryl methyl sites for hydroxylation is 1. The van der Waals surface area contributed by atoms with Crippen LogP contribution in [0.15, 0.2) is 24.3 Å². The van der Waals surface area contributed by atoms with Gasteiger partial charge < -0.3 is 10.4 Å². The maximum atomic E-state index is 11.9. The maximum Gasteiger partial charge on any atom is 0.329 e. The van der Waals surface area contributed by atoms with Gasteiger partial charge in [-0.15, -0.1) is 0 Å². The Bertz CT molecular complexity index is 509. The van der Waals surface area contributed by atoms with E-state index in [0.717, 1.165) is 10.5 Å². The Hall–Kier alpha value is -2.37. The van der Waals surface area contributed by atoms with Gasteiger partial charge in [0, 0.05) is 0 Å². The fourth-order valence-corrected chi connectivity index (χ4v) is 1.78. The summed E-state index contributed by atoms with van der Waals surface area (Å²) in [7, 11) is 0. The zero-order chi connectivity index (χ0) is 13.3. The first-order chi connectivity index (χ1) is 8.49. The normalized spacial score (nSPS) is 18.9. The molecule has 0 saturated carbocycles. The van der Waals surface area contributed by atoms with Crippen LogP contribution < -0.4 is 10.2 Å². The van der Waals surface area contributed by atoms with Gasteiger partial charge in [0.1, 0.15) is 6.04 Å². The van der Waals surface area contributed by atoms with Crippen LogP contribution in [0.3, 0.4) is 0 Å². The number of carboxylic acid groups (broad SMARTS) is 1. The van der Waals surface area contributed by atoms with Crippen LogP contribution in [0.4, 0.5) is 10.5 Å². The Morgan fingerprint density at radius 1 is 1.33 bits per heavy atom. The number of carbonyl (C=O) groups excluding carboxylic acids is 2. The lowest BCUT2D eigenvalue weighted by Gasteiger charge is -2.12. The molecule has 0 bridgehead atoms. The highest BCUT2D eigenvalue weighted by Crippen LogP contribution is 2.20. The van der Waals surface area contributed by atoms with Crippen molar-refractivity contribution < 1.29 is 19.5 Å². The van der Waals surface area contributed by atoms with Crippen LogP contribution >= 0.6 is 0 Å². The van der Waals surface area contributed by atoms with Crippen molar-refractivity contribution in [2.45, 2.75) is 19.4 Å². The van der Waals surface area contributed by atoms with Crippen LogP contribution in [0.2, 0.25) is 0 Å². The number of nitrogens with one attached hydrogen (secondary N) is 1.